The number of benzene rings is 1. The number of rotatable bonds is 5. The molecule has 0 saturated heterocycles. The number of primary sulfonamides is 1. The van der Waals surface area contributed by atoms with Gasteiger partial charge in [0.1, 0.15) is 10.0 Å². The van der Waals surface area contributed by atoms with Crippen LogP contribution >= 0.6 is 11.6 Å². The highest BCUT2D eigenvalue weighted by Gasteiger charge is 2.14. The van der Waals surface area contributed by atoms with Gasteiger partial charge in [-0.05, 0) is 29.8 Å². The molecule has 0 fully saturated rings. The average molecular weight is 362 g/mol. The molecule has 3 N–H and O–H groups in total. The van der Waals surface area contributed by atoms with Gasteiger partial charge in [0.2, 0.25) is 20.0 Å². The van der Waals surface area contributed by atoms with E-state index in [0.29, 0.717) is 5.56 Å². The van der Waals surface area contributed by atoms with Crippen LogP contribution in [-0.2, 0) is 26.6 Å². The molecule has 0 aliphatic rings. The van der Waals surface area contributed by atoms with Crippen molar-refractivity contribution in [3.8, 4) is 0 Å². The fraction of sp³-hybridized carbons (Fsp3) is 0.0833. The summed E-state index contributed by atoms with van der Waals surface area (Å²) in [4.78, 5) is 3.65. The average Bonchev–Trinajstić information content (AvgIpc) is 2.45. The van der Waals surface area contributed by atoms with Gasteiger partial charge in [0, 0.05) is 12.7 Å². The zero-order valence-corrected chi connectivity index (χ0v) is 13.5. The van der Waals surface area contributed by atoms with Crippen LogP contribution in [-0.4, -0.2) is 21.8 Å². The van der Waals surface area contributed by atoms with Gasteiger partial charge in [-0.15, -0.1) is 0 Å². The van der Waals surface area contributed by atoms with Gasteiger partial charge in [-0.1, -0.05) is 23.7 Å². The van der Waals surface area contributed by atoms with Gasteiger partial charge >= 0.3 is 0 Å². The quantitative estimate of drug-likeness (QED) is 0.765. The van der Waals surface area contributed by atoms with Crippen LogP contribution in [0, 0.1) is 0 Å². The molecule has 118 valence electrons. The fourth-order valence-electron chi connectivity index (χ4n) is 1.58. The Morgan fingerprint density at radius 1 is 1.00 bits per heavy atom. The number of halogens is 1. The Balaban J connectivity index is 2.10. The van der Waals surface area contributed by atoms with Crippen molar-refractivity contribution in [1.82, 2.24) is 9.71 Å². The second-order valence-electron chi connectivity index (χ2n) is 4.33. The minimum Gasteiger partial charge on any atom is -0.243 e. The summed E-state index contributed by atoms with van der Waals surface area (Å²) in [5.41, 5.74) is 0.581. The summed E-state index contributed by atoms with van der Waals surface area (Å²) in [6.45, 7) is -0.00411. The molecule has 0 amide bonds. The summed E-state index contributed by atoms with van der Waals surface area (Å²) in [6.07, 6.45) is 1.15. The monoisotopic (exact) mass is 361 g/mol. The predicted octanol–water partition coefficient (Wildman–Crippen LogP) is 0.861. The molecule has 0 bridgehead atoms. The molecule has 1 aromatic carbocycles. The highest BCUT2D eigenvalue weighted by Crippen LogP contribution is 2.12. The lowest BCUT2D eigenvalue weighted by molar-refractivity contribution is 0.580. The first kappa shape index (κ1) is 16.8. The van der Waals surface area contributed by atoms with E-state index in [2.05, 4.69) is 9.71 Å². The normalized spacial score (nSPS) is 12.3. The van der Waals surface area contributed by atoms with E-state index in [4.69, 9.17) is 16.7 Å². The van der Waals surface area contributed by atoms with Gasteiger partial charge in [-0.2, -0.15) is 0 Å². The van der Waals surface area contributed by atoms with Gasteiger partial charge < -0.3 is 0 Å². The SMILES string of the molecule is NS(=O)(=O)c1ccc(CNS(=O)(=O)c2ccc(Cl)nc2)cc1. The molecule has 2 aromatic rings. The molecule has 0 saturated carbocycles. The van der Waals surface area contributed by atoms with E-state index in [0.717, 1.165) is 6.20 Å². The highest BCUT2D eigenvalue weighted by molar-refractivity contribution is 7.89. The van der Waals surface area contributed by atoms with Crippen LogP contribution in [0.25, 0.3) is 0 Å². The molecular formula is C12H12ClN3O4S2. The summed E-state index contributed by atoms with van der Waals surface area (Å²) >= 11 is 5.60. The number of pyridine rings is 1. The third kappa shape index (κ3) is 4.24. The molecule has 0 aliphatic carbocycles. The lowest BCUT2D eigenvalue weighted by Gasteiger charge is -2.07. The zero-order valence-electron chi connectivity index (χ0n) is 11.1. The first-order valence-electron chi connectivity index (χ1n) is 5.91. The van der Waals surface area contributed by atoms with E-state index in [-0.39, 0.29) is 21.5 Å². The largest absolute Gasteiger partial charge is 0.243 e. The molecule has 22 heavy (non-hydrogen) atoms. The van der Waals surface area contributed by atoms with Crippen molar-refractivity contribution >= 4 is 31.6 Å². The van der Waals surface area contributed by atoms with Gasteiger partial charge in [-0.25, -0.2) is 31.7 Å². The summed E-state index contributed by atoms with van der Waals surface area (Å²) in [6, 6.07) is 8.27. The molecule has 0 aliphatic heterocycles. The summed E-state index contributed by atoms with van der Waals surface area (Å²) in [7, 11) is -7.50. The van der Waals surface area contributed by atoms with E-state index >= 15 is 0 Å². The van der Waals surface area contributed by atoms with Crippen molar-refractivity contribution in [2.24, 2.45) is 5.14 Å². The van der Waals surface area contributed by atoms with E-state index < -0.39 is 20.0 Å². The van der Waals surface area contributed by atoms with Gasteiger partial charge in [0.05, 0.1) is 4.90 Å². The number of aromatic nitrogens is 1. The number of nitrogens with two attached hydrogens (primary N) is 1. The van der Waals surface area contributed by atoms with Crippen molar-refractivity contribution in [3.63, 3.8) is 0 Å². The minimum atomic E-state index is -3.77. The highest BCUT2D eigenvalue weighted by atomic mass is 35.5. The van der Waals surface area contributed by atoms with Crippen LogP contribution in [0.1, 0.15) is 5.56 Å². The Bertz CT molecular complexity index is 864. The number of nitrogens with one attached hydrogen (secondary N) is 1. The van der Waals surface area contributed by atoms with Crippen molar-refractivity contribution in [2.75, 3.05) is 0 Å². The molecule has 0 atom stereocenters. The third-order valence-corrected chi connectivity index (χ3v) is 5.27. The summed E-state index contributed by atoms with van der Waals surface area (Å²) in [5.74, 6) is 0. The molecule has 7 nitrogen and oxygen atoms in total. The third-order valence-electron chi connectivity index (χ3n) is 2.73. The minimum absolute atomic E-state index is 0.00411. The van der Waals surface area contributed by atoms with E-state index in [9.17, 15) is 16.8 Å². The van der Waals surface area contributed by atoms with E-state index in [1.807, 2.05) is 0 Å². The molecule has 1 aromatic heterocycles. The van der Waals surface area contributed by atoms with Gasteiger partial charge in [0.15, 0.2) is 0 Å². The van der Waals surface area contributed by atoms with Crippen LogP contribution in [0.2, 0.25) is 5.15 Å². The molecule has 2 rings (SSSR count). The zero-order chi connectivity index (χ0) is 16.4. The molecule has 0 radical (unpaired) electrons. The number of hydrogen-bond acceptors (Lipinski definition) is 5. The number of nitrogens with zero attached hydrogens (tertiary/aromatic N) is 1. The number of sulfonamides is 2. The topological polar surface area (TPSA) is 119 Å². The first-order chi connectivity index (χ1) is 10.2. The smallest absolute Gasteiger partial charge is 0.242 e. The molecule has 10 heteroatoms. The summed E-state index contributed by atoms with van der Waals surface area (Å²) < 4.78 is 48.7. The Morgan fingerprint density at radius 3 is 2.09 bits per heavy atom. The maximum absolute atomic E-state index is 12.0. The van der Waals surface area contributed by atoms with Crippen LogP contribution in [0.5, 0.6) is 0 Å². The first-order valence-corrected chi connectivity index (χ1v) is 9.32. The van der Waals surface area contributed by atoms with Gasteiger partial charge in [0.25, 0.3) is 0 Å². The number of hydrogen-bond donors (Lipinski definition) is 2. The Kier molecular flexibility index (Phi) is 4.83. The molecule has 0 spiro atoms. The Labute approximate surface area is 133 Å². The van der Waals surface area contributed by atoms with Crippen LogP contribution in [0.15, 0.2) is 52.4 Å². The van der Waals surface area contributed by atoms with Crippen LogP contribution < -0.4 is 9.86 Å². The standard InChI is InChI=1S/C12H12ClN3O4S2/c13-12-6-5-11(8-15-12)22(19,20)16-7-9-1-3-10(4-2-9)21(14,17)18/h1-6,8,16H,7H2,(H2,14,17,18). The lowest BCUT2D eigenvalue weighted by atomic mass is 10.2. The fourth-order valence-corrected chi connectivity index (χ4v) is 3.17. The predicted molar refractivity (Wildman–Crippen MR) is 81.1 cm³/mol. The van der Waals surface area contributed by atoms with Gasteiger partial charge in [-0.3, -0.25) is 0 Å². The van der Waals surface area contributed by atoms with Crippen LogP contribution in [0.4, 0.5) is 0 Å². The Hall–Kier alpha value is -1.52. The second-order valence-corrected chi connectivity index (χ2v) is 8.05. The second kappa shape index (κ2) is 6.31. The van der Waals surface area contributed by atoms with Crippen LogP contribution in [0.3, 0.4) is 0 Å². The van der Waals surface area contributed by atoms with E-state index in [1.54, 1.807) is 0 Å². The maximum Gasteiger partial charge on any atom is 0.242 e. The lowest BCUT2D eigenvalue weighted by Crippen LogP contribution is -2.23. The molecular weight excluding hydrogens is 350 g/mol. The van der Waals surface area contributed by atoms with Crippen molar-refractivity contribution in [3.05, 3.63) is 53.3 Å². The Morgan fingerprint density at radius 2 is 1.59 bits per heavy atom. The summed E-state index contributed by atoms with van der Waals surface area (Å²) in [5, 5.41) is 5.17. The van der Waals surface area contributed by atoms with Crippen molar-refractivity contribution in [1.29, 1.82) is 0 Å². The van der Waals surface area contributed by atoms with Crippen molar-refractivity contribution in [2.45, 2.75) is 16.3 Å². The van der Waals surface area contributed by atoms with E-state index in [1.165, 1.54) is 36.4 Å². The maximum atomic E-state index is 12.0. The van der Waals surface area contributed by atoms with Crippen molar-refractivity contribution < 1.29 is 16.8 Å². The molecule has 1 heterocycles. The molecule has 0 unspecified atom stereocenters.